The molecular weight excluding hydrogens is 190 g/mol. The van der Waals surface area contributed by atoms with Crippen LogP contribution in [0.4, 0.5) is 0 Å². The Hall–Kier alpha value is -1.82. The molecule has 0 fully saturated rings. The Morgan fingerprint density at radius 2 is 2.13 bits per heavy atom. The van der Waals surface area contributed by atoms with Gasteiger partial charge in [0.05, 0.1) is 13.0 Å². The molecule has 0 radical (unpaired) electrons. The predicted octanol–water partition coefficient (Wildman–Crippen LogP) is 2.08. The second-order valence-electron chi connectivity index (χ2n) is 3.09. The van der Waals surface area contributed by atoms with Crippen LogP contribution in [-0.2, 0) is 16.0 Å². The van der Waals surface area contributed by atoms with Crippen LogP contribution in [0.3, 0.4) is 0 Å². The number of rotatable bonds is 4. The maximum Gasteiger partial charge on any atom is 0.390 e. The molecule has 0 heterocycles. The summed E-state index contributed by atoms with van der Waals surface area (Å²) in [5.74, 6) is -0.434. The van der Waals surface area contributed by atoms with Crippen molar-refractivity contribution in [1.82, 2.24) is 0 Å². The van der Waals surface area contributed by atoms with Crippen LogP contribution >= 0.6 is 0 Å². The molecule has 0 amide bonds. The summed E-state index contributed by atoms with van der Waals surface area (Å²) in [7, 11) is 0. The molecule has 0 aliphatic carbocycles. The topological polar surface area (TPSA) is 30.7 Å². The van der Waals surface area contributed by atoms with Gasteiger partial charge in [-0.15, -0.1) is 0 Å². The van der Waals surface area contributed by atoms with Gasteiger partial charge in [0, 0.05) is 0 Å². The van der Waals surface area contributed by atoms with Gasteiger partial charge in [-0.25, -0.2) is 11.4 Å². The molecule has 1 rings (SSSR count). The zero-order valence-electron chi connectivity index (χ0n) is 8.64. The molecule has 0 aliphatic rings. The second-order valence-corrected chi connectivity index (χ2v) is 3.09. The molecule has 0 saturated heterocycles. The molecule has 0 spiro atoms. The van der Waals surface area contributed by atoms with Crippen LogP contribution < -0.4 is 0 Å². The number of carbonyl (C=O) groups excluding carboxylic acids is 1. The Kier molecular flexibility index (Phi) is 4.36. The first-order chi connectivity index (χ1) is 7.27. The number of esters is 1. The molecule has 0 bridgehead atoms. The summed E-state index contributed by atoms with van der Waals surface area (Å²) in [6, 6.07) is 8.77. The number of ether oxygens (including phenoxy) is 1. The van der Waals surface area contributed by atoms with Gasteiger partial charge in [0.1, 0.15) is 0 Å². The van der Waals surface area contributed by atoms with Gasteiger partial charge in [0.25, 0.3) is 0 Å². The highest BCUT2D eigenvalue weighted by atomic mass is 16.5. The highest BCUT2D eigenvalue weighted by Gasteiger charge is 2.24. The van der Waals surface area contributed by atoms with E-state index in [0.29, 0.717) is 13.0 Å². The van der Waals surface area contributed by atoms with Crippen LogP contribution in [0.25, 0.3) is 4.85 Å². The first-order valence-electron chi connectivity index (χ1n) is 4.85. The summed E-state index contributed by atoms with van der Waals surface area (Å²) >= 11 is 0. The fraction of sp³-hybridized carbons (Fsp3) is 0.333. The Morgan fingerprint density at radius 1 is 1.47 bits per heavy atom. The summed E-state index contributed by atoms with van der Waals surface area (Å²) in [5.41, 5.74) is 0.978. The lowest BCUT2D eigenvalue weighted by Crippen LogP contribution is -2.22. The molecule has 0 saturated carbocycles. The largest absolute Gasteiger partial charge is 0.460 e. The van der Waals surface area contributed by atoms with Crippen LogP contribution in [0.15, 0.2) is 30.3 Å². The van der Waals surface area contributed by atoms with Crippen molar-refractivity contribution in [3.05, 3.63) is 47.3 Å². The average molecular weight is 203 g/mol. The van der Waals surface area contributed by atoms with Crippen LogP contribution in [0, 0.1) is 6.57 Å². The van der Waals surface area contributed by atoms with Gasteiger partial charge in [0.2, 0.25) is 0 Å². The van der Waals surface area contributed by atoms with Crippen molar-refractivity contribution in [3.8, 4) is 0 Å². The smallest absolute Gasteiger partial charge is 0.390 e. The molecule has 3 heteroatoms. The fourth-order valence-corrected chi connectivity index (χ4v) is 1.26. The van der Waals surface area contributed by atoms with Crippen molar-refractivity contribution in [2.24, 2.45) is 0 Å². The van der Waals surface area contributed by atoms with Crippen molar-refractivity contribution in [3.63, 3.8) is 0 Å². The molecule has 1 aromatic rings. The lowest BCUT2D eigenvalue weighted by molar-refractivity contribution is -0.143. The molecule has 78 valence electrons. The van der Waals surface area contributed by atoms with Crippen molar-refractivity contribution in [1.29, 1.82) is 0 Å². The fourth-order valence-electron chi connectivity index (χ4n) is 1.26. The Bertz CT molecular complexity index is 354. The minimum Gasteiger partial charge on any atom is -0.460 e. The van der Waals surface area contributed by atoms with Crippen LogP contribution in [0.5, 0.6) is 0 Å². The monoisotopic (exact) mass is 203 g/mol. The van der Waals surface area contributed by atoms with Crippen LogP contribution in [0.1, 0.15) is 12.5 Å². The summed E-state index contributed by atoms with van der Waals surface area (Å²) in [4.78, 5) is 14.6. The van der Waals surface area contributed by atoms with Crippen LogP contribution in [0.2, 0.25) is 0 Å². The van der Waals surface area contributed by atoms with Gasteiger partial charge < -0.3 is 9.58 Å². The summed E-state index contributed by atoms with van der Waals surface area (Å²) < 4.78 is 4.81. The third-order valence-corrected chi connectivity index (χ3v) is 1.99. The zero-order valence-corrected chi connectivity index (χ0v) is 8.64. The Labute approximate surface area is 89.5 Å². The number of benzene rings is 1. The molecule has 0 N–H and O–H groups in total. The molecule has 15 heavy (non-hydrogen) atoms. The SMILES string of the molecule is [C-]#[N+]C(Cc1ccccc1)C(=O)OCC. The molecule has 3 nitrogen and oxygen atoms in total. The normalized spacial score (nSPS) is 11.5. The lowest BCUT2D eigenvalue weighted by Gasteiger charge is -2.04. The van der Waals surface area contributed by atoms with E-state index in [0.717, 1.165) is 5.56 Å². The summed E-state index contributed by atoms with van der Waals surface area (Å²) in [6.45, 7) is 9.00. The van der Waals surface area contributed by atoms with E-state index in [1.54, 1.807) is 6.92 Å². The molecule has 1 unspecified atom stereocenters. The van der Waals surface area contributed by atoms with Gasteiger partial charge >= 0.3 is 12.0 Å². The molecular formula is C12H13NO2. The Balaban J connectivity index is 2.63. The predicted molar refractivity (Wildman–Crippen MR) is 57.2 cm³/mol. The van der Waals surface area contributed by atoms with E-state index in [1.807, 2.05) is 30.3 Å². The van der Waals surface area contributed by atoms with E-state index < -0.39 is 12.0 Å². The van der Waals surface area contributed by atoms with Gasteiger partial charge in [-0.2, -0.15) is 0 Å². The number of nitrogens with zero attached hydrogens (tertiary/aromatic N) is 1. The van der Waals surface area contributed by atoms with E-state index in [-0.39, 0.29) is 0 Å². The highest BCUT2D eigenvalue weighted by Crippen LogP contribution is 2.07. The maximum absolute atomic E-state index is 11.3. The number of hydrogen-bond acceptors (Lipinski definition) is 2. The molecule has 1 aromatic carbocycles. The van der Waals surface area contributed by atoms with Gasteiger partial charge in [-0.3, -0.25) is 0 Å². The zero-order chi connectivity index (χ0) is 11.1. The van der Waals surface area contributed by atoms with Crippen molar-refractivity contribution < 1.29 is 9.53 Å². The van der Waals surface area contributed by atoms with E-state index in [2.05, 4.69) is 4.85 Å². The van der Waals surface area contributed by atoms with Crippen LogP contribution in [-0.4, -0.2) is 18.6 Å². The molecule has 0 aliphatic heterocycles. The number of carbonyl (C=O) groups is 1. The molecule has 1 atom stereocenters. The van der Waals surface area contributed by atoms with Crippen molar-refractivity contribution in [2.75, 3.05) is 6.61 Å². The van der Waals surface area contributed by atoms with Crippen molar-refractivity contribution in [2.45, 2.75) is 19.4 Å². The second kappa shape index (κ2) is 5.82. The standard InChI is InChI=1S/C12H13NO2/c1-3-15-12(14)11(13-2)9-10-7-5-4-6-8-10/h4-8,11H,3,9H2,1H3. The van der Waals surface area contributed by atoms with E-state index in [9.17, 15) is 4.79 Å². The van der Waals surface area contributed by atoms with E-state index in [1.165, 1.54) is 0 Å². The summed E-state index contributed by atoms with van der Waals surface area (Å²) in [6.07, 6.45) is 0.420. The maximum atomic E-state index is 11.3. The van der Waals surface area contributed by atoms with Crippen molar-refractivity contribution >= 4 is 5.97 Å². The minimum absolute atomic E-state index is 0.319. The molecule has 0 aromatic heterocycles. The van der Waals surface area contributed by atoms with Gasteiger partial charge in [-0.1, -0.05) is 30.3 Å². The lowest BCUT2D eigenvalue weighted by atomic mass is 10.1. The minimum atomic E-state index is -0.715. The third-order valence-electron chi connectivity index (χ3n) is 1.99. The highest BCUT2D eigenvalue weighted by molar-refractivity contribution is 5.78. The Morgan fingerprint density at radius 3 is 2.67 bits per heavy atom. The first kappa shape index (κ1) is 11.3. The first-order valence-corrected chi connectivity index (χ1v) is 4.85. The van der Waals surface area contributed by atoms with E-state index >= 15 is 0 Å². The van der Waals surface area contributed by atoms with Gasteiger partial charge in [-0.05, 0) is 12.5 Å². The van der Waals surface area contributed by atoms with Gasteiger partial charge in [0.15, 0.2) is 0 Å². The third kappa shape index (κ3) is 3.43. The van der Waals surface area contributed by atoms with E-state index in [4.69, 9.17) is 11.3 Å². The number of hydrogen-bond donors (Lipinski definition) is 0. The average Bonchev–Trinajstić information content (AvgIpc) is 2.27. The quantitative estimate of drug-likeness (QED) is 0.554. The summed E-state index contributed by atoms with van der Waals surface area (Å²) in [5, 5.41) is 0.